The number of fused-ring (bicyclic) bond motifs is 1. The van der Waals surface area contributed by atoms with Gasteiger partial charge >= 0.3 is 0 Å². The summed E-state index contributed by atoms with van der Waals surface area (Å²) in [5, 5.41) is 4.62. The highest BCUT2D eigenvalue weighted by Crippen LogP contribution is 2.36. The number of pyridine rings is 1. The molecule has 2 aromatic rings. The molecule has 2 heterocycles. The van der Waals surface area contributed by atoms with Gasteiger partial charge in [-0.1, -0.05) is 6.92 Å². The molecule has 0 amide bonds. The first-order valence-electron chi connectivity index (χ1n) is 6.89. The van der Waals surface area contributed by atoms with E-state index in [1.54, 1.807) is 12.5 Å². The molecule has 0 unspecified atom stereocenters. The van der Waals surface area contributed by atoms with E-state index in [0.717, 1.165) is 35.5 Å². The Labute approximate surface area is 118 Å². The minimum Gasteiger partial charge on any atom is -0.464 e. The smallest absolute Gasteiger partial charge is 0.139 e. The summed E-state index contributed by atoms with van der Waals surface area (Å²) in [7, 11) is 0. The maximum atomic E-state index is 6.25. The minimum absolute atomic E-state index is 0.0212. The van der Waals surface area contributed by atoms with E-state index in [0.29, 0.717) is 5.88 Å². The fourth-order valence-electron chi connectivity index (χ4n) is 2.85. The number of alkyl halides is 1. The standard InChI is InChI=1S/C15H19ClN2O/c1-11-2-6-15(10-16,7-3-11)18-14-12-5-9-19-13(12)4-8-17-14/h4-5,8-9,11H,2-3,6-7,10H2,1H3,(H,17,18). The second-order valence-electron chi connectivity index (χ2n) is 5.71. The maximum Gasteiger partial charge on any atom is 0.139 e. The normalized spacial score (nSPS) is 27.6. The Morgan fingerprint density at radius 1 is 1.42 bits per heavy atom. The average molecular weight is 279 g/mol. The zero-order valence-corrected chi connectivity index (χ0v) is 11.9. The fraction of sp³-hybridized carbons (Fsp3) is 0.533. The summed E-state index contributed by atoms with van der Waals surface area (Å²) in [6, 6.07) is 3.84. The third-order valence-electron chi connectivity index (χ3n) is 4.25. The topological polar surface area (TPSA) is 38.1 Å². The number of nitrogens with zero attached hydrogens (tertiary/aromatic N) is 1. The van der Waals surface area contributed by atoms with Gasteiger partial charge in [-0.2, -0.15) is 0 Å². The van der Waals surface area contributed by atoms with E-state index in [1.165, 1.54) is 12.8 Å². The summed E-state index contributed by atoms with van der Waals surface area (Å²) in [6.45, 7) is 2.31. The van der Waals surface area contributed by atoms with E-state index in [9.17, 15) is 0 Å². The average Bonchev–Trinajstić information content (AvgIpc) is 2.91. The summed E-state index contributed by atoms with van der Waals surface area (Å²) in [6.07, 6.45) is 8.14. The van der Waals surface area contributed by atoms with Crippen LogP contribution in [-0.2, 0) is 0 Å². The van der Waals surface area contributed by atoms with Crippen LogP contribution in [0.2, 0.25) is 0 Å². The van der Waals surface area contributed by atoms with E-state index in [-0.39, 0.29) is 5.54 Å². The molecule has 2 aromatic heterocycles. The van der Waals surface area contributed by atoms with Crippen LogP contribution < -0.4 is 5.32 Å². The molecule has 0 radical (unpaired) electrons. The third kappa shape index (κ3) is 2.44. The Balaban J connectivity index is 1.88. The lowest BCUT2D eigenvalue weighted by Crippen LogP contribution is -2.43. The minimum atomic E-state index is -0.0212. The van der Waals surface area contributed by atoms with Gasteiger partial charge in [0.25, 0.3) is 0 Å². The number of hydrogen-bond acceptors (Lipinski definition) is 3. The SMILES string of the molecule is CC1CCC(CCl)(Nc2nccc3occc23)CC1. The van der Waals surface area contributed by atoms with Crippen molar-refractivity contribution in [3.05, 3.63) is 24.6 Å². The van der Waals surface area contributed by atoms with Gasteiger partial charge < -0.3 is 9.73 Å². The van der Waals surface area contributed by atoms with Gasteiger partial charge in [-0.25, -0.2) is 4.98 Å². The molecule has 0 atom stereocenters. The van der Waals surface area contributed by atoms with Gasteiger partial charge in [0.1, 0.15) is 11.4 Å². The van der Waals surface area contributed by atoms with E-state index < -0.39 is 0 Å². The molecule has 0 bridgehead atoms. The highest BCUT2D eigenvalue weighted by atomic mass is 35.5. The summed E-state index contributed by atoms with van der Waals surface area (Å²) in [5.41, 5.74) is 0.846. The number of rotatable bonds is 3. The summed E-state index contributed by atoms with van der Waals surface area (Å²) in [4.78, 5) is 4.46. The monoisotopic (exact) mass is 278 g/mol. The van der Waals surface area contributed by atoms with Crippen molar-refractivity contribution >= 4 is 28.4 Å². The van der Waals surface area contributed by atoms with Crippen molar-refractivity contribution in [2.45, 2.75) is 38.1 Å². The predicted octanol–water partition coefficient (Wildman–Crippen LogP) is 4.43. The molecule has 4 heteroatoms. The zero-order valence-electron chi connectivity index (χ0n) is 11.2. The molecule has 19 heavy (non-hydrogen) atoms. The first-order chi connectivity index (χ1) is 9.22. The Hall–Kier alpha value is -1.22. The Kier molecular flexibility index (Phi) is 3.40. The van der Waals surface area contributed by atoms with Gasteiger partial charge in [-0.3, -0.25) is 0 Å². The molecule has 102 valence electrons. The highest BCUT2D eigenvalue weighted by molar-refractivity contribution is 6.19. The number of hydrogen-bond donors (Lipinski definition) is 1. The molecule has 1 aliphatic rings. The lowest BCUT2D eigenvalue weighted by Gasteiger charge is -2.39. The van der Waals surface area contributed by atoms with E-state index in [4.69, 9.17) is 16.0 Å². The van der Waals surface area contributed by atoms with Crippen LogP contribution in [0.4, 0.5) is 5.82 Å². The van der Waals surface area contributed by atoms with Crippen LogP contribution in [0, 0.1) is 5.92 Å². The second kappa shape index (κ2) is 5.04. The van der Waals surface area contributed by atoms with Crippen LogP contribution >= 0.6 is 11.6 Å². The van der Waals surface area contributed by atoms with Crippen LogP contribution in [0.3, 0.4) is 0 Å². The number of halogens is 1. The van der Waals surface area contributed by atoms with Crippen LogP contribution in [0.5, 0.6) is 0 Å². The predicted molar refractivity (Wildman–Crippen MR) is 78.7 cm³/mol. The van der Waals surface area contributed by atoms with Gasteiger partial charge in [0.05, 0.1) is 17.2 Å². The highest BCUT2D eigenvalue weighted by Gasteiger charge is 2.34. The van der Waals surface area contributed by atoms with Crippen LogP contribution in [0.25, 0.3) is 11.0 Å². The lowest BCUT2D eigenvalue weighted by atomic mass is 9.78. The van der Waals surface area contributed by atoms with Gasteiger partial charge in [0, 0.05) is 12.1 Å². The van der Waals surface area contributed by atoms with Gasteiger partial charge in [0.2, 0.25) is 0 Å². The summed E-state index contributed by atoms with van der Waals surface area (Å²) in [5.74, 6) is 2.31. The molecule has 1 saturated carbocycles. The number of nitrogens with one attached hydrogen (secondary N) is 1. The third-order valence-corrected chi connectivity index (χ3v) is 4.76. The molecule has 1 N–H and O–H groups in total. The van der Waals surface area contributed by atoms with E-state index in [1.807, 2.05) is 12.1 Å². The van der Waals surface area contributed by atoms with E-state index >= 15 is 0 Å². The Bertz CT molecular complexity index is 558. The number of anilines is 1. The number of furan rings is 1. The van der Waals surface area contributed by atoms with Crippen LogP contribution in [0.15, 0.2) is 29.0 Å². The molecule has 0 saturated heterocycles. The molecule has 0 aromatic carbocycles. The summed E-state index contributed by atoms with van der Waals surface area (Å²) < 4.78 is 5.42. The van der Waals surface area contributed by atoms with E-state index in [2.05, 4.69) is 17.2 Å². The van der Waals surface area contributed by atoms with Crippen molar-refractivity contribution in [1.82, 2.24) is 4.98 Å². The molecule has 0 aliphatic heterocycles. The quantitative estimate of drug-likeness (QED) is 0.844. The van der Waals surface area contributed by atoms with Crippen molar-refractivity contribution in [3.8, 4) is 0 Å². The van der Waals surface area contributed by atoms with Crippen molar-refractivity contribution in [2.24, 2.45) is 5.92 Å². The Morgan fingerprint density at radius 2 is 2.21 bits per heavy atom. The molecule has 1 fully saturated rings. The number of aromatic nitrogens is 1. The molecule has 1 aliphatic carbocycles. The maximum absolute atomic E-state index is 6.25. The largest absolute Gasteiger partial charge is 0.464 e. The molecule has 3 rings (SSSR count). The van der Waals surface area contributed by atoms with Crippen molar-refractivity contribution < 1.29 is 4.42 Å². The van der Waals surface area contributed by atoms with Gasteiger partial charge in [0.15, 0.2) is 0 Å². The van der Waals surface area contributed by atoms with Gasteiger partial charge in [-0.15, -0.1) is 11.6 Å². The summed E-state index contributed by atoms with van der Waals surface area (Å²) >= 11 is 6.25. The van der Waals surface area contributed by atoms with Crippen molar-refractivity contribution in [2.75, 3.05) is 11.2 Å². The zero-order chi connectivity index (χ0) is 13.3. The molecule has 3 nitrogen and oxygen atoms in total. The van der Waals surface area contributed by atoms with Crippen LogP contribution in [-0.4, -0.2) is 16.4 Å². The first-order valence-corrected chi connectivity index (χ1v) is 7.42. The van der Waals surface area contributed by atoms with Crippen LogP contribution in [0.1, 0.15) is 32.6 Å². The molecule has 0 spiro atoms. The first kappa shape index (κ1) is 12.8. The van der Waals surface area contributed by atoms with Crippen molar-refractivity contribution in [1.29, 1.82) is 0 Å². The fourth-order valence-corrected chi connectivity index (χ4v) is 3.19. The van der Waals surface area contributed by atoms with Gasteiger partial charge in [-0.05, 0) is 43.7 Å². The Morgan fingerprint density at radius 3 is 2.95 bits per heavy atom. The van der Waals surface area contributed by atoms with Crippen molar-refractivity contribution in [3.63, 3.8) is 0 Å². The molecular weight excluding hydrogens is 260 g/mol. The second-order valence-corrected chi connectivity index (χ2v) is 5.98. The lowest BCUT2D eigenvalue weighted by molar-refractivity contribution is 0.286. The molecular formula is C15H19ClN2O.